The number of benzene rings is 1. The Labute approximate surface area is 136 Å². The van der Waals surface area contributed by atoms with Crippen LogP contribution in [0.3, 0.4) is 0 Å². The average Bonchev–Trinajstić information content (AvgIpc) is 2.89. The molecule has 1 heterocycles. The van der Waals surface area contributed by atoms with Crippen molar-refractivity contribution in [1.29, 1.82) is 0 Å². The predicted molar refractivity (Wildman–Crippen MR) is 82.9 cm³/mol. The van der Waals surface area contributed by atoms with Crippen LogP contribution < -0.4 is 15.4 Å². The number of alkyl halides is 3. The number of ether oxygens (including phenoxy) is 1. The number of methoxy groups -OCH3 is 1. The third-order valence-corrected chi connectivity index (χ3v) is 3.11. The van der Waals surface area contributed by atoms with Crippen LogP contribution in [-0.4, -0.2) is 28.7 Å². The highest BCUT2D eigenvalue weighted by Crippen LogP contribution is 2.28. The van der Waals surface area contributed by atoms with Gasteiger partial charge in [0.25, 0.3) is 0 Å². The third kappa shape index (κ3) is 4.90. The Balaban J connectivity index is 2.14. The van der Waals surface area contributed by atoms with E-state index in [4.69, 9.17) is 4.74 Å². The minimum absolute atomic E-state index is 0.0724. The standard InChI is InChI=1S/C15H17F3N4O2/c1-10(23)21-11-3-4-13(24-2)12(7-11)20-8-14-19-5-6-22(14)9-15(16,17)18/h3-7,20H,8-9H2,1-2H3,(H,21,23). The number of carbonyl (C=O) groups is 1. The molecule has 0 atom stereocenters. The van der Waals surface area contributed by atoms with Crippen molar-refractivity contribution >= 4 is 17.3 Å². The Morgan fingerprint density at radius 2 is 2.12 bits per heavy atom. The van der Waals surface area contributed by atoms with Crippen LogP contribution in [0.15, 0.2) is 30.6 Å². The van der Waals surface area contributed by atoms with Gasteiger partial charge in [0.2, 0.25) is 5.91 Å². The number of rotatable bonds is 6. The lowest BCUT2D eigenvalue weighted by molar-refractivity contribution is -0.141. The first-order valence-corrected chi connectivity index (χ1v) is 7.05. The number of aromatic nitrogens is 2. The van der Waals surface area contributed by atoms with Gasteiger partial charge in [-0.05, 0) is 18.2 Å². The second kappa shape index (κ2) is 7.24. The molecule has 2 rings (SSSR count). The highest BCUT2D eigenvalue weighted by Gasteiger charge is 2.28. The summed E-state index contributed by atoms with van der Waals surface area (Å²) >= 11 is 0. The lowest BCUT2D eigenvalue weighted by Crippen LogP contribution is -2.20. The maximum atomic E-state index is 12.5. The van der Waals surface area contributed by atoms with E-state index in [2.05, 4.69) is 15.6 Å². The minimum atomic E-state index is -4.32. The quantitative estimate of drug-likeness (QED) is 0.847. The first-order chi connectivity index (χ1) is 11.3. The van der Waals surface area contributed by atoms with Gasteiger partial charge >= 0.3 is 6.18 Å². The first-order valence-electron chi connectivity index (χ1n) is 7.05. The van der Waals surface area contributed by atoms with E-state index in [-0.39, 0.29) is 18.3 Å². The molecule has 24 heavy (non-hydrogen) atoms. The number of nitrogens with one attached hydrogen (secondary N) is 2. The SMILES string of the molecule is COc1ccc(NC(C)=O)cc1NCc1nccn1CC(F)(F)F. The zero-order valence-electron chi connectivity index (χ0n) is 13.1. The second-order valence-electron chi connectivity index (χ2n) is 5.04. The second-order valence-corrected chi connectivity index (χ2v) is 5.04. The van der Waals surface area contributed by atoms with Crippen molar-refractivity contribution in [1.82, 2.24) is 9.55 Å². The number of imidazole rings is 1. The van der Waals surface area contributed by atoms with Crippen LogP contribution in [0.5, 0.6) is 5.75 Å². The number of nitrogens with zero attached hydrogens (tertiary/aromatic N) is 2. The van der Waals surface area contributed by atoms with Gasteiger partial charge in [0, 0.05) is 25.0 Å². The molecule has 0 unspecified atom stereocenters. The van der Waals surface area contributed by atoms with Crippen molar-refractivity contribution in [3.63, 3.8) is 0 Å². The molecule has 2 aromatic rings. The number of carbonyl (C=O) groups excluding carboxylic acids is 1. The molecule has 6 nitrogen and oxygen atoms in total. The van der Waals surface area contributed by atoms with E-state index in [1.54, 1.807) is 18.2 Å². The molecule has 9 heteroatoms. The third-order valence-electron chi connectivity index (χ3n) is 3.11. The summed E-state index contributed by atoms with van der Waals surface area (Å²) in [5.74, 6) is 0.504. The van der Waals surface area contributed by atoms with Crippen molar-refractivity contribution < 1.29 is 22.7 Å². The molecule has 1 aromatic carbocycles. The summed E-state index contributed by atoms with van der Waals surface area (Å²) < 4.78 is 43.8. The van der Waals surface area contributed by atoms with Gasteiger partial charge in [0.05, 0.1) is 19.3 Å². The Morgan fingerprint density at radius 3 is 2.75 bits per heavy atom. The molecule has 0 bridgehead atoms. The zero-order chi connectivity index (χ0) is 17.7. The van der Waals surface area contributed by atoms with Gasteiger partial charge in [-0.25, -0.2) is 4.98 Å². The lowest BCUT2D eigenvalue weighted by atomic mass is 10.2. The van der Waals surface area contributed by atoms with Crippen LogP contribution in [-0.2, 0) is 17.9 Å². The summed E-state index contributed by atoms with van der Waals surface area (Å²) in [6.45, 7) is 0.349. The van der Waals surface area contributed by atoms with Crippen molar-refractivity contribution in [2.24, 2.45) is 0 Å². The van der Waals surface area contributed by atoms with Crippen LogP contribution >= 0.6 is 0 Å². The highest BCUT2D eigenvalue weighted by molar-refractivity contribution is 5.89. The Kier molecular flexibility index (Phi) is 5.32. The molecule has 0 aliphatic carbocycles. The number of halogens is 3. The number of hydrogen-bond acceptors (Lipinski definition) is 4. The van der Waals surface area contributed by atoms with Crippen molar-refractivity contribution in [3.05, 3.63) is 36.4 Å². The van der Waals surface area contributed by atoms with E-state index in [0.29, 0.717) is 17.1 Å². The molecule has 0 radical (unpaired) electrons. The molecule has 2 N–H and O–H groups in total. The molecule has 1 aromatic heterocycles. The van der Waals surface area contributed by atoms with Gasteiger partial charge in [0.1, 0.15) is 18.1 Å². The summed E-state index contributed by atoms with van der Waals surface area (Å²) in [5.41, 5.74) is 1.08. The van der Waals surface area contributed by atoms with Gasteiger partial charge in [-0.15, -0.1) is 0 Å². The fourth-order valence-electron chi connectivity index (χ4n) is 2.15. The molecule has 0 saturated heterocycles. The zero-order valence-corrected chi connectivity index (χ0v) is 13.1. The fraction of sp³-hybridized carbons (Fsp3) is 0.333. The van der Waals surface area contributed by atoms with Gasteiger partial charge in [-0.1, -0.05) is 0 Å². The van der Waals surface area contributed by atoms with Gasteiger partial charge in [-0.2, -0.15) is 13.2 Å². The number of hydrogen-bond donors (Lipinski definition) is 2. The molecule has 0 fully saturated rings. The Morgan fingerprint density at radius 1 is 1.38 bits per heavy atom. The summed E-state index contributed by atoms with van der Waals surface area (Å²) in [6.07, 6.45) is -1.73. The fourth-order valence-corrected chi connectivity index (χ4v) is 2.15. The maximum Gasteiger partial charge on any atom is 0.406 e. The monoisotopic (exact) mass is 342 g/mol. The van der Waals surface area contributed by atoms with Gasteiger partial charge < -0.3 is 19.9 Å². The van der Waals surface area contributed by atoms with Crippen LogP contribution in [0.4, 0.5) is 24.5 Å². The molecular formula is C15H17F3N4O2. The molecule has 0 aliphatic rings. The predicted octanol–water partition coefficient (Wildman–Crippen LogP) is 3.02. The van der Waals surface area contributed by atoms with Crippen LogP contribution in [0.2, 0.25) is 0 Å². The van der Waals surface area contributed by atoms with Crippen molar-refractivity contribution in [3.8, 4) is 5.75 Å². The van der Waals surface area contributed by atoms with Crippen LogP contribution in [0, 0.1) is 0 Å². The summed E-state index contributed by atoms with van der Waals surface area (Å²) in [6, 6.07) is 4.95. The highest BCUT2D eigenvalue weighted by atomic mass is 19.4. The van der Waals surface area contributed by atoms with E-state index >= 15 is 0 Å². The Hall–Kier alpha value is -2.71. The molecular weight excluding hydrogens is 325 g/mol. The first kappa shape index (κ1) is 17.6. The van der Waals surface area contributed by atoms with E-state index < -0.39 is 12.7 Å². The van der Waals surface area contributed by atoms with E-state index in [1.165, 1.54) is 26.4 Å². The largest absolute Gasteiger partial charge is 0.495 e. The molecule has 130 valence electrons. The normalized spacial score (nSPS) is 11.2. The Bertz CT molecular complexity index is 713. The van der Waals surface area contributed by atoms with E-state index in [0.717, 1.165) is 4.57 Å². The molecule has 0 saturated carbocycles. The lowest BCUT2D eigenvalue weighted by Gasteiger charge is -2.14. The molecule has 0 aliphatic heterocycles. The summed E-state index contributed by atoms with van der Waals surface area (Å²) in [4.78, 5) is 15.1. The van der Waals surface area contributed by atoms with Gasteiger partial charge in [0.15, 0.2) is 0 Å². The number of amides is 1. The van der Waals surface area contributed by atoms with Crippen LogP contribution in [0.25, 0.3) is 0 Å². The van der Waals surface area contributed by atoms with Gasteiger partial charge in [-0.3, -0.25) is 4.79 Å². The molecule has 1 amide bonds. The van der Waals surface area contributed by atoms with E-state index in [9.17, 15) is 18.0 Å². The number of anilines is 2. The summed E-state index contributed by atoms with van der Waals surface area (Å²) in [7, 11) is 1.48. The topological polar surface area (TPSA) is 68.2 Å². The van der Waals surface area contributed by atoms with Crippen LogP contribution in [0.1, 0.15) is 12.7 Å². The minimum Gasteiger partial charge on any atom is -0.495 e. The van der Waals surface area contributed by atoms with Crippen molar-refractivity contribution in [2.75, 3.05) is 17.7 Å². The van der Waals surface area contributed by atoms with Crippen molar-refractivity contribution in [2.45, 2.75) is 26.2 Å². The smallest absolute Gasteiger partial charge is 0.406 e. The van der Waals surface area contributed by atoms with E-state index in [1.807, 2.05) is 0 Å². The summed E-state index contributed by atoms with van der Waals surface area (Å²) in [5, 5.41) is 5.61. The molecule has 0 spiro atoms. The average molecular weight is 342 g/mol. The maximum absolute atomic E-state index is 12.5.